The van der Waals surface area contributed by atoms with E-state index in [1.807, 2.05) is 12.1 Å². The molecule has 0 bridgehead atoms. The Morgan fingerprint density at radius 3 is 2.50 bits per heavy atom. The molecule has 1 aliphatic carbocycles. The Hall–Kier alpha value is -0.980. The van der Waals surface area contributed by atoms with E-state index in [4.69, 9.17) is 4.74 Å². The van der Waals surface area contributed by atoms with Gasteiger partial charge in [-0.15, -0.1) is 24.0 Å². The predicted molar refractivity (Wildman–Crippen MR) is 94.0 cm³/mol. The van der Waals surface area contributed by atoms with Crippen LogP contribution in [-0.2, 0) is 6.54 Å². The van der Waals surface area contributed by atoms with E-state index >= 15 is 0 Å². The van der Waals surface area contributed by atoms with Gasteiger partial charge in [0, 0.05) is 20.1 Å². The summed E-state index contributed by atoms with van der Waals surface area (Å²) in [5.74, 6) is 2.71. The molecule has 4 nitrogen and oxygen atoms in total. The van der Waals surface area contributed by atoms with E-state index < -0.39 is 0 Å². The van der Waals surface area contributed by atoms with Gasteiger partial charge in [-0.25, -0.2) is 0 Å². The summed E-state index contributed by atoms with van der Waals surface area (Å²) in [6.07, 6.45) is 4.06. The van der Waals surface area contributed by atoms with E-state index in [-0.39, 0.29) is 24.0 Å². The first-order valence-corrected chi connectivity index (χ1v) is 6.89. The molecule has 1 aromatic rings. The lowest BCUT2D eigenvalue weighted by Crippen LogP contribution is -2.37. The highest BCUT2D eigenvalue weighted by atomic mass is 127. The van der Waals surface area contributed by atoms with Crippen LogP contribution >= 0.6 is 24.0 Å². The van der Waals surface area contributed by atoms with E-state index in [0.717, 1.165) is 30.7 Å². The van der Waals surface area contributed by atoms with Crippen molar-refractivity contribution < 1.29 is 4.74 Å². The summed E-state index contributed by atoms with van der Waals surface area (Å²) in [5.41, 5.74) is 1.21. The average molecular weight is 389 g/mol. The van der Waals surface area contributed by atoms with E-state index in [2.05, 4.69) is 27.8 Å². The predicted octanol–water partition coefficient (Wildman–Crippen LogP) is 2.78. The van der Waals surface area contributed by atoms with Gasteiger partial charge >= 0.3 is 0 Å². The van der Waals surface area contributed by atoms with Crippen LogP contribution < -0.4 is 15.4 Å². The van der Waals surface area contributed by atoms with Crippen molar-refractivity contribution in [1.29, 1.82) is 0 Å². The third-order valence-corrected chi connectivity index (χ3v) is 3.38. The minimum Gasteiger partial charge on any atom is -0.497 e. The SMILES string of the molecule is CN=C(NCCC1CC1)NCc1ccc(OC)cc1.I. The topological polar surface area (TPSA) is 45.7 Å². The van der Waals surface area contributed by atoms with Crippen LogP contribution in [0.4, 0.5) is 0 Å². The van der Waals surface area contributed by atoms with Crippen LogP contribution in [0.1, 0.15) is 24.8 Å². The van der Waals surface area contributed by atoms with Gasteiger partial charge in [0.25, 0.3) is 0 Å². The fourth-order valence-electron chi connectivity index (χ4n) is 1.95. The van der Waals surface area contributed by atoms with Crippen molar-refractivity contribution in [2.24, 2.45) is 10.9 Å². The number of hydrogen-bond acceptors (Lipinski definition) is 2. The smallest absolute Gasteiger partial charge is 0.191 e. The number of guanidine groups is 1. The van der Waals surface area contributed by atoms with E-state index in [1.165, 1.54) is 24.8 Å². The lowest BCUT2D eigenvalue weighted by molar-refractivity contribution is 0.414. The molecule has 0 aliphatic heterocycles. The maximum Gasteiger partial charge on any atom is 0.191 e. The average Bonchev–Trinajstić information content (AvgIpc) is 3.27. The van der Waals surface area contributed by atoms with Gasteiger partial charge in [0.1, 0.15) is 5.75 Å². The largest absolute Gasteiger partial charge is 0.497 e. The van der Waals surface area contributed by atoms with Crippen molar-refractivity contribution in [3.8, 4) is 5.75 Å². The third kappa shape index (κ3) is 5.98. The molecule has 0 atom stereocenters. The van der Waals surface area contributed by atoms with Crippen LogP contribution in [0, 0.1) is 5.92 Å². The molecule has 1 saturated carbocycles. The first-order chi connectivity index (χ1) is 9.31. The molecule has 1 fully saturated rings. The van der Waals surface area contributed by atoms with Crippen molar-refractivity contribution in [1.82, 2.24) is 10.6 Å². The van der Waals surface area contributed by atoms with Gasteiger partial charge in [-0.05, 0) is 30.0 Å². The number of halogens is 1. The molecule has 20 heavy (non-hydrogen) atoms. The van der Waals surface area contributed by atoms with E-state index in [0.29, 0.717) is 0 Å². The third-order valence-electron chi connectivity index (χ3n) is 3.38. The molecule has 5 heteroatoms. The molecule has 0 saturated heterocycles. The molecule has 2 rings (SSSR count). The van der Waals surface area contributed by atoms with Gasteiger partial charge in [-0.2, -0.15) is 0 Å². The van der Waals surface area contributed by atoms with Crippen molar-refractivity contribution in [2.75, 3.05) is 20.7 Å². The molecule has 1 aromatic carbocycles. The highest BCUT2D eigenvalue weighted by Gasteiger charge is 2.20. The molecular formula is C15H24IN3O. The maximum atomic E-state index is 5.14. The van der Waals surface area contributed by atoms with Gasteiger partial charge in [0.05, 0.1) is 7.11 Å². The van der Waals surface area contributed by atoms with Crippen LogP contribution in [-0.4, -0.2) is 26.7 Å². The second-order valence-electron chi connectivity index (χ2n) is 4.93. The number of rotatable bonds is 6. The summed E-state index contributed by atoms with van der Waals surface area (Å²) < 4.78 is 5.14. The normalized spacial score (nSPS) is 14.4. The first-order valence-electron chi connectivity index (χ1n) is 6.89. The minimum atomic E-state index is 0. The van der Waals surface area contributed by atoms with Crippen molar-refractivity contribution in [3.63, 3.8) is 0 Å². The van der Waals surface area contributed by atoms with Gasteiger partial charge in [-0.3, -0.25) is 4.99 Å². The number of ether oxygens (including phenoxy) is 1. The monoisotopic (exact) mass is 389 g/mol. The molecule has 2 N–H and O–H groups in total. The quantitative estimate of drug-likeness (QED) is 0.447. The number of methoxy groups -OCH3 is 1. The number of benzene rings is 1. The Labute approximate surface area is 138 Å². The van der Waals surface area contributed by atoms with Crippen LogP contribution in [0.3, 0.4) is 0 Å². The highest BCUT2D eigenvalue weighted by Crippen LogP contribution is 2.31. The second kappa shape index (κ2) is 9.05. The molecule has 0 heterocycles. The van der Waals surface area contributed by atoms with E-state index in [1.54, 1.807) is 14.2 Å². The maximum absolute atomic E-state index is 5.14. The molecule has 0 unspecified atom stereocenters. The zero-order chi connectivity index (χ0) is 13.5. The van der Waals surface area contributed by atoms with Crippen LogP contribution in [0.15, 0.2) is 29.3 Å². The second-order valence-corrected chi connectivity index (χ2v) is 4.93. The summed E-state index contributed by atoms with van der Waals surface area (Å²) in [6.45, 7) is 1.78. The van der Waals surface area contributed by atoms with Crippen molar-refractivity contribution >= 4 is 29.9 Å². The molecular weight excluding hydrogens is 365 g/mol. The number of nitrogens with one attached hydrogen (secondary N) is 2. The lowest BCUT2D eigenvalue weighted by atomic mass is 10.2. The Balaban J connectivity index is 0.00000200. The fraction of sp³-hybridized carbons (Fsp3) is 0.533. The summed E-state index contributed by atoms with van der Waals surface area (Å²) in [7, 11) is 3.49. The molecule has 112 valence electrons. The summed E-state index contributed by atoms with van der Waals surface area (Å²) in [5, 5.41) is 6.66. The molecule has 1 aliphatic rings. The van der Waals surface area contributed by atoms with Crippen molar-refractivity contribution in [3.05, 3.63) is 29.8 Å². The van der Waals surface area contributed by atoms with Crippen LogP contribution in [0.25, 0.3) is 0 Å². The first kappa shape index (κ1) is 17.1. The Morgan fingerprint density at radius 1 is 1.25 bits per heavy atom. The van der Waals surface area contributed by atoms with Crippen LogP contribution in [0.5, 0.6) is 5.75 Å². The molecule has 0 amide bonds. The summed E-state index contributed by atoms with van der Waals surface area (Å²) in [6, 6.07) is 8.06. The zero-order valence-corrected chi connectivity index (χ0v) is 14.5. The van der Waals surface area contributed by atoms with Gasteiger partial charge in [-0.1, -0.05) is 25.0 Å². The molecule has 0 spiro atoms. The van der Waals surface area contributed by atoms with Gasteiger partial charge < -0.3 is 15.4 Å². The lowest BCUT2D eigenvalue weighted by Gasteiger charge is -2.12. The Kier molecular flexibility index (Phi) is 7.72. The Bertz CT molecular complexity index is 416. The van der Waals surface area contributed by atoms with Crippen molar-refractivity contribution in [2.45, 2.75) is 25.8 Å². The minimum absolute atomic E-state index is 0. The van der Waals surface area contributed by atoms with Crippen LogP contribution in [0.2, 0.25) is 0 Å². The number of hydrogen-bond donors (Lipinski definition) is 2. The van der Waals surface area contributed by atoms with Gasteiger partial charge in [0.15, 0.2) is 5.96 Å². The van der Waals surface area contributed by atoms with Gasteiger partial charge in [0.2, 0.25) is 0 Å². The number of aliphatic imine (C=N–C) groups is 1. The standard InChI is InChI=1S/C15H23N3O.HI/c1-16-15(17-10-9-12-3-4-12)18-11-13-5-7-14(19-2)8-6-13;/h5-8,12H,3-4,9-11H2,1-2H3,(H2,16,17,18);1H. The number of nitrogens with zero attached hydrogens (tertiary/aromatic N) is 1. The fourth-order valence-corrected chi connectivity index (χ4v) is 1.95. The highest BCUT2D eigenvalue weighted by molar-refractivity contribution is 14.0. The molecule has 0 aromatic heterocycles. The zero-order valence-electron chi connectivity index (χ0n) is 12.2. The van der Waals surface area contributed by atoms with E-state index in [9.17, 15) is 0 Å². The summed E-state index contributed by atoms with van der Waals surface area (Å²) >= 11 is 0. The Morgan fingerprint density at radius 2 is 1.95 bits per heavy atom. The molecule has 0 radical (unpaired) electrons. The summed E-state index contributed by atoms with van der Waals surface area (Å²) in [4.78, 5) is 4.22.